The number of hydrogen-bond acceptors (Lipinski definition) is 4. The van der Waals surface area contributed by atoms with Crippen molar-refractivity contribution >= 4 is 49.8 Å². The highest BCUT2D eigenvalue weighted by Gasteiger charge is 2.24. The van der Waals surface area contributed by atoms with Gasteiger partial charge in [-0.15, -0.1) is 0 Å². The summed E-state index contributed by atoms with van der Waals surface area (Å²) in [6.45, 7) is 13.4. The van der Waals surface area contributed by atoms with Gasteiger partial charge in [0.2, 0.25) is 5.78 Å². The summed E-state index contributed by atoms with van der Waals surface area (Å²) in [6.07, 6.45) is 3.84. The standard InChI is InChI=1S/C44H40N6O/c1-26(2)29-16-21-41(46-25-29)48-37-14-8-7-11-34(37)35-19-17-30(23-39(35)48)51-31-18-20-36-40(24-31)50-43-38(15-10-22-45-43)49(44(50)47-36)42-32(27(3)4)12-9-13-33(42)28(5)6/h7-28H,1-6H3. The molecule has 5 heterocycles. The van der Waals surface area contributed by atoms with Crippen molar-refractivity contribution in [3.63, 3.8) is 0 Å². The van der Waals surface area contributed by atoms with Crippen LogP contribution in [0.1, 0.15) is 76.0 Å². The minimum Gasteiger partial charge on any atom is -0.457 e. The zero-order valence-electron chi connectivity index (χ0n) is 29.8. The Hall–Kier alpha value is -5.95. The van der Waals surface area contributed by atoms with Crippen LogP contribution in [0.2, 0.25) is 0 Å². The molecule has 0 aliphatic carbocycles. The zero-order chi connectivity index (χ0) is 35.0. The molecule has 0 saturated heterocycles. The lowest BCUT2D eigenvalue weighted by molar-refractivity contribution is 0.484. The average molecular weight is 669 g/mol. The van der Waals surface area contributed by atoms with Crippen molar-refractivity contribution in [1.29, 1.82) is 0 Å². The van der Waals surface area contributed by atoms with Gasteiger partial charge in [0.15, 0.2) is 5.65 Å². The van der Waals surface area contributed by atoms with Crippen molar-refractivity contribution in [3.8, 4) is 23.0 Å². The molecule has 7 nitrogen and oxygen atoms in total. The molecule has 0 bridgehead atoms. The third-order valence-corrected chi connectivity index (χ3v) is 10.1. The molecule has 0 radical (unpaired) electrons. The second-order valence-corrected chi connectivity index (χ2v) is 14.4. The smallest absolute Gasteiger partial charge is 0.221 e. The molecule has 0 saturated carbocycles. The zero-order valence-corrected chi connectivity index (χ0v) is 29.8. The number of fused-ring (bicyclic) bond motifs is 8. The topological polar surface area (TPSA) is 62.2 Å². The van der Waals surface area contributed by atoms with Crippen LogP contribution in [0.5, 0.6) is 11.5 Å². The number of para-hydroxylation sites is 2. The van der Waals surface area contributed by atoms with E-state index in [0.29, 0.717) is 17.8 Å². The predicted molar refractivity (Wildman–Crippen MR) is 208 cm³/mol. The number of pyridine rings is 2. The second-order valence-electron chi connectivity index (χ2n) is 14.4. The van der Waals surface area contributed by atoms with Gasteiger partial charge in [0.05, 0.1) is 33.3 Å². The maximum Gasteiger partial charge on any atom is 0.221 e. The number of nitrogens with zero attached hydrogens (tertiary/aromatic N) is 6. The lowest BCUT2D eigenvalue weighted by atomic mass is 9.92. The number of ether oxygens (including phenoxy) is 1. The Kier molecular flexibility index (Phi) is 7.21. The molecule has 252 valence electrons. The van der Waals surface area contributed by atoms with Crippen LogP contribution in [0.4, 0.5) is 0 Å². The predicted octanol–water partition coefficient (Wildman–Crippen LogP) is 11.5. The van der Waals surface area contributed by atoms with Crippen LogP contribution in [-0.2, 0) is 0 Å². The molecule has 9 rings (SSSR count). The van der Waals surface area contributed by atoms with E-state index in [9.17, 15) is 0 Å². The molecule has 51 heavy (non-hydrogen) atoms. The van der Waals surface area contributed by atoms with E-state index in [-0.39, 0.29) is 0 Å². The molecule has 9 aromatic rings. The van der Waals surface area contributed by atoms with Crippen LogP contribution in [0.15, 0.2) is 116 Å². The van der Waals surface area contributed by atoms with Gasteiger partial charge in [-0.3, -0.25) is 13.5 Å². The largest absolute Gasteiger partial charge is 0.457 e. The average Bonchev–Trinajstić information content (AvgIpc) is 3.77. The van der Waals surface area contributed by atoms with Gasteiger partial charge in [-0.1, -0.05) is 84.0 Å². The van der Waals surface area contributed by atoms with Gasteiger partial charge in [0, 0.05) is 35.3 Å². The van der Waals surface area contributed by atoms with Crippen LogP contribution >= 0.6 is 0 Å². The lowest BCUT2D eigenvalue weighted by Gasteiger charge is -2.21. The fourth-order valence-corrected chi connectivity index (χ4v) is 7.57. The Morgan fingerprint density at radius 3 is 2.00 bits per heavy atom. The summed E-state index contributed by atoms with van der Waals surface area (Å²) in [5.41, 5.74) is 10.9. The Morgan fingerprint density at radius 1 is 0.569 bits per heavy atom. The van der Waals surface area contributed by atoms with Gasteiger partial charge < -0.3 is 4.74 Å². The molecule has 0 aliphatic rings. The second kappa shape index (κ2) is 11.8. The Morgan fingerprint density at radius 2 is 1.27 bits per heavy atom. The third-order valence-electron chi connectivity index (χ3n) is 10.1. The lowest BCUT2D eigenvalue weighted by Crippen LogP contribution is -2.07. The van der Waals surface area contributed by atoms with Crippen LogP contribution in [-0.4, -0.2) is 28.5 Å². The highest BCUT2D eigenvalue weighted by Crippen LogP contribution is 2.38. The normalized spacial score (nSPS) is 12.3. The van der Waals surface area contributed by atoms with E-state index in [1.165, 1.54) is 27.8 Å². The molecule has 7 heteroatoms. The van der Waals surface area contributed by atoms with Crippen molar-refractivity contribution in [1.82, 2.24) is 28.5 Å². The minimum atomic E-state index is 0.337. The van der Waals surface area contributed by atoms with Crippen molar-refractivity contribution in [2.45, 2.75) is 59.3 Å². The van der Waals surface area contributed by atoms with Gasteiger partial charge in [-0.25, -0.2) is 15.0 Å². The number of rotatable bonds is 7. The minimum absolute atomic E-state index is 0.337. The van der Waals surface area contributed by atoms with Gasteiger partial charge in [0.25, 0.3) is 0 Å². The van der Waals surface area contributed by atoms with Gasteiger partial charge >= 0.3 is 0 Å². The monoisotopic (exact) mass is 668 g/mol. The van der Waals surface area contributed by atoms with Crippen LogP contribution in [0.25, 0.3) is 61.3 Å². The van der Waals surface area contributed by atoms with Crippen molar-refractivity contribution in [3.05, 3.63) is 132 Å². The molecular formula is C44H40N6O. The summed E-state index contributed by atoms with van der Waals surface area (Å²) in [5.74, 6) is 4.29. The SMILES string of the molecule is CC(C)c1ccc(-n2c3ccccc3c3ccc(Oc4ccc5nc6n(-c7c(C(C)C)cccc7C(C)C)c7cccnc7n6c5c4)cc32)nc1. The first-order valence-electron chi connectivity index (χ1n) is 17.9. The fraction of sp³-hybridized carbons (Fsp3) is 0.205. The fourth-order valence-electron chi connectivity index (χ4n) is 7.57. The number of imidazole rings is 2. The summed E-state index contributed by atoms with van der Waals surface area (Å²) >= 11 is 0. The van der Waals surface area contributed by atoms with E-state index in [2.05, 4.69) is 134 Å². The molecule has 0 amide bonds. The highest BCUT2D eigenvalue weighted by molar-refractivity contribution is 6.09. The van der Waals surface area contributed by atoms with Crippen molar-refractivity contribution < 1.29 is 4.74 Å². The summed E-state index contributed by atoms with van der Waals surface area (Å²) in [6, 6.07) is 36.0. The van der Waals surface area contributed by atoms with E-state index >= 15 is 0 Å². The molecule has 4 aromatic carbocycles. The van der Waals surface area contributed by atoms with E-state index in [1.54, 1.807) is 0 Å². The molecule has 0 N–H and O–H groups in total. The van der Waals surface area contributed by atoms with Gasteiger partial charge in [-0.05, 0) is 83.0 Å². The summed E-state index contributed by atoms with van der Waals surface area (Å²) < 4.78 is 13.4. The molecule has 0 spiro atoms. The Balaban J connectivity index is 1.20. The Labute approximate surface area is 296 Å². The number of benzene rings is 4. The first kappa shape index (κ1) is 31.1. The third kappa shape index (κ3) is 4.90. The number of hydrogen-bond donors (Lipinski definition) is 0. The molecule has 0 unspecified atom stereocenters. The van der Waals surface area contributed by atoms with Crippen LogP contribution in [0, 0.1) is 0 Å². The van der Waals surface area contributed by atoms with Crippen LogP contribution < -0.4 is 4.74 Å². The molecule has 0 aliphatic heterocycles. The first-order chi connectivity index (χ1) is 24.8. The van der Waals surface area contributed by atoms with Crippen molar-refractivity contribution in [2.75, 3.05) is 0 Å². The van der Waals surface area contributed by atoms with Gasteiger partial charge in [-0.2, -0.15) is 0 Å². The molecule has 0 fully saturated rings. The summed E-state index contributed by atoms with van der Waals surface area (Å²) in [5, 5.41) is 2.34. The first-order valence-corrected chi connectivity index (χ1v) is 17.9. The maximum atomic E-state index is 6.65. The molecule has 0 atom stereocenters. The Bertz CT molecular complexity index is 2740. The highest BCUT2D eigenvalue weighted by atomic mass is 16.5. The van der Waals surface area contributed by atoms with Gasteiger partial charge in [0.1, 0.15) is 17.3 Å². The summed E-state index contributed by atoms with van der Waals surface area (Å²) in [4.78, 5) is 15.0. The molecular weight excluding hydrogens is 629 g/mol. The molecule has 5 aromatic heterocycles. The van der Waals surface area contributed by atoms with E-state index < -0.39 is 0 Å². The van der Waals surface area contributed by atoms with E-state index in [0.717, 1.165) is 61.7 Å². The van der Waals surface area contributed by atoms with Crippen LogP contribution in [0.3, 0.4) is 0 Å². The number of aromatic nitrogens is 6. The maximum absolute atomic E-state index is 6.65. The summed E-state index contributed by atoms with van der Waals surface area (Å²) in [7, 11) is 0. The van der Waals surface area contributed by atoms with E-state index in [1.807, 2.05) is 36.7 Å². The van der Waals surface area contributed by atoms with Crippen molar-refractivity contribution in [2.24, 2.45) is 0 Å². The van der Waals surface area contributed by atoms with E-state index in [4.69, 9.17) is 19.7 Å². The quantitative estimate of drug-likeness (QED) is 0.170.